The molecule has 0 fully saturated rings. The molecule has 0 aliphatic carbocycles. The van der Waals surface area contributed by atoms with E-state index in [9.17, 15) is 4.79 Å². The van der Waals surface area contributed by atoms with Crippen LogP contribution in [0.4, 0.5) is 5.69 Å². The van der Waals surface area contributed by atoms with Gasteiger partial charge in [0.2, 0.25) is 0 Å². The van der Waals surface area contributed by atoms with E-state index in [1.54, 1.807) is 24.3 Å². The quantitative estimate of drug-likeness (QED) is 0.557. The molecule has 4 heteroatoms. The lowest BCUT2D eigenvalue weighted by Crippen LogP contribution is -2.06. The number of carbonyl (C=O) groups is 1. The molecule has 0 unspecified atom stereocenters. The van der Waals surface area contributed by atoms with Crippen LogP contribution in [-0.2, 0) is 4.74 Å². The van der Waals surface area contributed by atoms with E-state index >= 15 is 0 Å². The van der Waals surface area contributed by atoms with Crippen LogP contribution in [0.25, 0.3) is 0 Å². The maximum atomic E-state index is 10.6. The van der Waals surface area contributed by atoms with Gasteiger partial charge in [0.05, 0.1) is 5.56 Å². The van der Waals surface area contributed by atoms with Crippen LogP contribution in [0.15, 0.2) is 24.3 Å². The average Bonchev–Trinajstić information content (AvgIpc) is 2.25. The molecule has 0 aliphatic rings. The predicted octanol–water partition coefficient (Wildman–Crippen LogP) is 2.18. The van der Waals surface area contributed by atoms with Gasteiger partial charge in [-0.3, -0.25) is 0 Å². The summed E-state index contributed by atoms with van der Waals surface area (Å²) in [6.45, 7) is 3.21. The van der Waals surface area contributed by atoms with Gasteiger partial charge in [-0.25, -0.2) is 4.79 Å². The Balaban J connectivity index is 2.39. The standard InChI is InChI=1S/C11H15NO3/c1-2-7-15-8-12-10-5-3-9(4-6-10)11(13)14/h3-6,12H,2,7-8H2,1H3,(H,13,14). The van der Waals surface area contributed by atoms with Crippen LogP contribution >= 0.6 is 0 Å². The third-order valence-electron chi connectivity index (χ3n) is 1.86. The van der Waals surface area contributed by atoms with E-state index in [0.29, 0.717) is 6.73 Å². The van der Waals surface area contributed by atoms with Crippen LogP contribution in [-0.4, -0.2) is 24.4 Å². The first-order chi connectivity index (χ1) is 7.24. The van der Waals surface area contributed by atoms with Crippen LogP contribution < -0.4 is 5.32 Å². The summed E-state index contributed by atoms with van der Waals surface area (Å²) in [5.74, 6) is -0.913. The normalized spacial score (nSPS) is 9.93. The largest absolute Gasteiger partial charge is 0.478 e. The number of aromatic carboxylic acids is 1. The first-order valence-electron chi connectivity index (χ1n) is 4.89. The Labute approximate surface area is 88.9 Å². The van der Waals surface area contributed by atoms with Crippen molar-refractivity contribution in [1.29, 1.82) is 0 Å². The third kappa shape index (κ3) is 3.99. The number of carboxylic acids is 1. The Kier molecular flexibility index (Phi) is 4.63. The summed E-state index contributed by atoms with van der Waals surface area (Å²) in [5.41, 5.74) is 1.14. The number of ether oxygens (including phenoxy) is 1. The first kappa shape index (κ1) is 11.5. The molecule has 0 saturated heterocycles. The summed E-state index contributed by atoms with van der Waals surface area (Å²) in [6.07, 6.45) is 0.986. The number of nitrogens with one attached hydrogen (secondary N) is 1. The molecule has 0 bridgehead atoms. The molecule has 0 radical (unpaired) electrons. The molecular weight excluding hydrogens is 194 g/mol. The van der Waals surface area contributed by atoms with Gasteiger partial charge in [0, 0.05) is 12.3 Å². The highest BCUT2D eigenvalue weighted by atomic mass is 16.5. The highest BCUT2D eigenvalue weighted by Crippen LogP contribution is 2.08. The van der Waals surface area contributed by atoms with Crippen molar-refractivity contribution < 1.29 is 14.6 Å². The fourth-order valence-electron chi connectivity index (χ4n) is 1.08. The molecular formula is C11H15NO3. The highest BCUT2D eigenvalue weighted by Gasteiger charge is 2.00. The molecule has 2 N–H and O–H groups in total. The molecule has 1 aromatic rings. The number of carboxylic acid groups (broad SMARTS) is 1. The van der Waals surface area contributed by atoms with Crippen molar-refractivity contribution in [2.24, 2.45) is 0 Å². The van der Waals surface area contributed by atoms with Gasteiger partial charge in [0.25, 0.3) is 0 Å². The third-order valence-corrected chi connectivity index (χ3v) is 1.86. The molecule has 82 valence electrons. The van der Waals surface area contributed by atoms with Gasteiger partial charge in [-0.15, -0.1) is 0 Å². The Bertz CT molecular complexity index is 308. The fourth-order valence-corrected chi connectivity index (χ4v) is 1.08. The van der Waals surface area contributed by atoms with E-state index < -0.39 is 5.97 Å². The summed E-state index contributed by atoms with van der Waals surface area (Å²) >= 11 is 0. The Morgan fingerprint density at radius 3 is 2.60 bits per heavy atom. The van der Waals surface area contributed by atoms with E-state index in [4.69, 9.17) is 9.84 Å². The lowest BCUT2D eigenvalue weighted by molar-refractivity contribution is 0.0697. The molecule has 0 heterocycles. The van der Waals surface area contributed by atoms with Crippen molar-refractivity contribution in [3.8, 4) is 0 Å². The number of hydrogen-bond acceptors (Lipinski definition) is 3. The van der Waals surface area contributed by atoms with Crippen LogP contribution in [0.5, 0.6) is 0 Å². The van der Waals surface area contributed by atoms with Crippen molar-refractivity contribution in [1.82, 2.24) is 0 Å². The van der Waals surface area contributed by atoms with Crippen molar-refractivity contribution in [2.75, 3.05) is 18.7 Å². The van der Waals surface area contributed by atoms with Gasteiger partial charge >= 0.3 is 5.97 Å². The minimum Gasteiger partial charge on any atom is -0.478 e. The van der Waals surface area contributed by atoms with Crippen LogP contribution in [0.1, 0.15) is 23.7 Å². The maximum Gasteiger partial charge on any atom is 0.335 e. The average molecular weight is 209 g/mol. The van der Waals surface area contributed by atoms with Crippen LogP contribution in [0, 0.1) is 0 Å². The van der Waals surface area contributed by atoms with Gasteiger partial charge in [-0.1, -0.05) is 6.92 Å². The molecule has 1 rings (SSSR count). The minimum absolute atomic E-state index is 0.287. The molecule has 0 amide bonds. The van der Waals surface area contributed by atoms with Gasteiger partial charge in [-0.2, -0.15) is 0 Å². The van der Waals surface area contributed by atoms with E-state index in [1.807, 2.05) is 6.92 Å². The summed E-state index contributed by atoms with van der Waals surface area (Å²) < 4.78 is 5.24. The minimum atomic E-state index is -0.913. The van der Waals surface area contributed by atoms with Crippen molar-refractivity contribution in [3.63, 3.8) is 0 Å². The lowest BCUT2D eigenvalue weighted by atomic mass is 10.2. The second kappa shape index (κ2) is 6.03. The Morgan fingerprint density at radius 1 is 1.40 bits per heavy atom. The van der Waals surface area contributed by atoms with Crippen molar-refractivity contribution in [3.05, 3.63) is 29.8 Å². The van der Waals surface area contributed by atoms with Gasteiger partial charge in [-0.05, 0) is 30.7 Å². The predicted molar refractivity (Wildman–Crippen MR) is 58.1 cm³/mol. The number of hydrogen-bond donors (Lipinski definition) is 2. The smallest absolute Gasteiger partial charge is 0.335 e. The molecule has 0 saturated carbocycles. The second-order valence-electron chi connectivity index (χ2n) is 3.11. The zero-order valence-electron chi connectivity index (χ0n) is 8.69. The zero-order chi connectivity index (χ0) is 11.1. The van der Waals surface area contributed by atoms with Crippen LogP contribution in [0.3, 0.4) is 0 Å². The number of anilines is 1. The summed E-state index contributed by atoms with van der Waals surface area (Å²) in [4.78, 5) is 10.6. The summed E-state index contributed by atoms with van der Waals surface area (Å²) in [7, 11) is 0. The van der Waals surface area contributed by atoms with E-state index in [1.165, 1.54) is 0 Å². The van der Waals surface area contributed by atoms with E-state index in [-0.39, 0.29) is 5.56 Å². The summed E-state index contributed by atoms with van der Waals surface area (Å²) in [5, 5.41) is 11.7. The van der Waals surface area contributed by atoms with Gasteiger partial charge in [0.15, 0.2) is 0 Å². The number of benzene rings is 1. The molecule has 4 nitrogen and oxygen atoms in total. The second-order valence-corrected chi connectivity index (χ2v) is 3.11. The monoisotopic (exact) mass is 209 g/mol. The van der Waals surface area contributed by atoms with Gasteiger partial charge in [0.1, 0.15) is 6.73 Å². The topological polar surface area (TPSA) is 58.6 Å². The lowest BCUT2D eigenvalue weighted by Gasteiger charge is -2.06. The van der Waals surface area contributed by atoms with E-state index in [2.05, 4.69) is 5.32 Å². The maximum absolute atomic E-state index is 10.6. The molecule has 1 aromatic carbocycles. The SMILES string of the molecule is CCCOCNc1ccc(C(=O)O)cc1. The number of rotatable bonds is 6. The van der Waals surface area contributed by atoms with E-state index in [0.717, 1.165) is 18.7 Å². The molecule has 0 atom stereocenters. The molecule has 0 aliphatic heterocycles. The summed E-state index contributed by atoms with van der Waals surface area (Å²) in [6, 6.07) is 6.56. The van der Waals surface area contributed by atoms with Crippen molar-refractivity contribution in [2.45, 2.75) is 13.3 Å². The molecule has 0 aromatic heterocycles. The first-order valence-corrected chi connectivity index (χ1v) is 4.89. The Hall–Kier alpha value is -1.55. The zero-order valence-corrected chi connectivity index (χ0v) is 8.69. The highest BCUT2D eigenvalue weighted by molar-refractivity contribution is 5.87. The van der Waals surface area contributed by atoms with Crippen molar-refractivity contribution >= 4 is 11.7 Å². The molecule has 0 spiro atoms. The Morgan fingerprint density at radius 2 is 2.07 bits per heavy atom. The van der Waals surface area contributed by atoms with Gasteiger partial charge < -0.3 is 15.2 Å². The molecule has 15 heavy (non-hydrogen) atoms. The van der Waals surface area contributed by atoms with Crippen LogP contribution in [0.2, 0.25) is 0 Å². The fraction of sp³-hybridized carbons (Fsp3) is 0.364.